The van der Waals surface area contributed by atoms with Gasteiger partial charge in [0.15, 0.2) is 0 Å². The van der Waals surface area contributed by atoms with Crippen molar-refractivity contribution in [1.82, 2.24) is 5.32 Å². The van der Waals surface area contributed by atoms with Crippen LogP contribution in [0.2, 0.25) is 0 Å². The number of anilines is 1. The van der Waals surface area contributed by atoms with Gasteiger partial charge >= 0.3 is 5.97 Å². The number of hydrogen-bond donors (Lipinski definition) is 3. The van der Waals surface area contributed by atoms with E-state index in [1.54, 1.807) is 24.3 Å². The predicted octanol–water partition coefficient (Wildman–Crippen LogP) is 1.25. The minimum absolute atomic E-state index is 0.175. The summed E-state index contributed by atoms with van der Waals surface area (Å²) in [6.07, 6.45) is 2.64. The number of carbonyl (C=O) groups is 3. The van der Waals surface area contributed by atoms with E-state index in [1.165, 1.54) is 13.0 Å². The van der Waals surface area contributed by atoms with Crippen LogP contribution in [0.25, 0.3) is 6.08 Å². The molecule has 0 aliphatic rings. The van der Waals surface area contributed by atoms with Crippen LogP contribution in [0.3, 0.4) is 0 Å². The molecule has 0 saturated heterocycles. The highest BCUT2D eigenvalue weighted by atomic mass is 16.4. The maximum absolute atomic E-state index is 11.6. The lowest BCUT2D eigenvalue weighted by atomic mass is 10.2. The molecule has 2 amide bonds. The molecule has 1 rings (SSSR count). The second-order valence-corrected chi connectivity index (χ2v) is 4.08. The molecule has 0 radical (unpaired) electrons. The number of carbonyl (C=O) groups excluding carboxylic acids is 2. The van der Waals surface area contributed by atoms with Crippen molar-refractivity contribution in [3.05, 3.63) is 35.9 Å². The van der Waals surface area contributed by atoms with Crippen molar-refractivity contribution < 1.29 is 19.5 Å². The zero-order valence-electron chi connectivity index (χ0n) is 11.1. The largest absolute Gasteiger partial charge is 0.478 e. The van der Waals surface area contributed by atoms with Crippen LogP contribution in [0.5, 0.6) is 0 Å². The molecule has 0 atom stereocenters. The van der Waals surface area contributed by atoms with Gasteiger partial charge in [-0.2, -0.15) is 0 Å². The molecule has 0 fully saturated rings. The van der Waals surface area contributed by atoms with E-state index < -0.39 is 5.97 Å². The van der Waals surface area contributed by atoms with E-state index in [0.29, 0.717) is 11.3 Å². The molecule has 1 aromatic carbocycles. The molecular formula is C14H16N2O4. The number of carboxylic acid groups (broad SMARTS) is 1. The van der Waals surface area contributed by atoms with Gasteiger partial charge in [0.05, 0.1) is 0 Å². The van der Waals surface area contributed by atoms with Crippen LogP contribution in [0, 0.1) is 0 Å². The summed E-state index contributed by atoms with van der Waals surface area (Å²) in [4.78, 5) is 32.7. The third kappa shape index (κ3) is 6.34. The summed E-state index contributed by atoms with van der Waals surface area (Å²) in [5, 5.41) is 13.7. The topological polar surface area (TPSA) is 95.5 Å². The first-order chi connectivity index (χ1) is 9.47. The van der Waals surface area contributed by atoms with Crippen molar-refractivity contribution in [1.29, 1.82) is 0 Å². The molecule has 0 aliphatic carbocycles. The fraction of sp³-hybridized carbons (Fsp3) is 0.214. The maximum atomic E-state index is 11.6. The van der Waals surface area contributed by atoms with E-state index in [2.05, 4.69) is 10.6 Å². The van der Waals surface area contributed by atoms with Crippen LogP contribution in [0.1, 0.15) is 18.9 Å². The molecule has 106 valence electrons. The van der Waals surface area contributed by atoms with Crippen molar-refractivity contribution in [2.45, 2.75) is 13.3 Å². The van der Waals surface area contributed by atoms with Crippen molar-refractivity contribution >= 4 is 29.5 Å². The predicted molar refractivity (Wildman–Crippen MR) is 75.0 cm³/mol. The van der Waals surface area contributed by atoms with Crippen molar-refractivity contribution in [3.63, 3.8) is 0 Å². The Bertz CT molecular complexity index is 538. The van der Waals surface area contributed by atoms with Crippen LogP contribution < -0.4 is 10.6 Å². The first-order valence-corrected chi connectivity index (χ1v) is 6.03. The monoisotopic (exact) mass is 276 g/mol. The smallest absolute Gasteiger partial charge is 0.328 e. The van der Waals surface area contributed by atoms with Crippen LogP contribution in [-0.2, 0) is 14.4 Å². The van der Waals surface area contributed by atoms with E-state index in [1.807, 2.05) is 0 Å². The van der Waals surface area contributed by atoms with Gasteiger partial charge in [-0.1, -0.05) is 12.1 Å². The van der Waals surface area contributed by atoms with Crippen LogP contribution in [-0.4, -0.2) is 29.4 Å². The van der Waals surface area contributed by atoms with E-state index in [-0.39, 0.29) is 24.8 Å². The van der Waals surface area contributed by atoms with Gasteiger partial charge in [-0.05, 0) is 23.8 Å². The summed E-state index contributed by atoms with van der Waals surface area (Å²) in [7, 11) is 0. The number of aliphatic carboxylic acids is 1. The summed E-state index contributed by atoms with van der Waals surface area (Å²) in [5.41, 5.74) is 1.25. The fourth-order valence-electron chi connectivity index (χ4n) is 1.46. The SMILES string of the molecule is CC(=O)NCCC(=O)Nc1cccc(/C=C/C(=O)O)c1. The summed E-state index contributed by atoms with van der Waals surface area (Å²) < 4.78 is 0. The van der Waals surface area contributed by atoms with Gasteiger partial charge in [0.2, 0.25) is 11.8 Å². The molecule has 0 bridgehead atoms. The van der Waals surface area contributed by atoms with Crippen LogP contribution >= 0.6 is 0 Å². The molecule has 0 spiro atoms. The van der Waals surface area contributed by atoms with Crippen LogP contribution in [0.4, 0.5) is 5.69 Å². The van der Waals surface area contributed by atoms with Crippen LogP contribution in [0.15, 0.2) is 30.3 Å². The molecule has 20 heavy (non-hydrogen) atoms. The highest BCUT2D eigenvalue weighted by Crippen LogP contribution is 2.12. The molecule has 0 heterocycles. The molecule has 0 aliphatic heterocycles. The Balaban J connectivity index is 2.55. The first-order valence-electron chi connectivity index (χ1n) is 6.03. The number of benzene rings is 1. The third-order valence-corrected chi connectivity index (χ3v) is 2.31. The Labute approximate surface area is 116 Å². The Morgan fingerprint density at radius 3 is 2.70 bits per heavy atom. The molecule has 0 saturated carbocycles. The Kier molecular flexibility index (Phi) is 5.96. The Morgan fingerprint density at radius 1 is 1.30 bits per heavy atom. The third-order valence-electron chi connectivity index (χ3n) is 2.31. The summed E-state index contributed by atoms with van der Waals surface area (Å²) in [6.45, 7) is 1.66. The number of nitrogens with one attached hydrogen (secondary N) is 2. The molecule has 1 aromatic rings. The zero-order valence-corrected chi connectivity index (χ0v) is 11.1. The van der Waals surface area contributed by atoms with E-state index in [4.69, 9.17) is 5.11 Å². The maximum Gasteiger partial charge on any atom is 0.328 e. The zero-order chi connectivity index (χ0) is 15.0. The Hall–Kier alpha value is -2.63. The number of rotatable bonds is 6. The van der Waals surface area contributed by atoms with Gasteiger partial charge in [0.25, 0.3) is 0 Å². The second-order valence-electron chi connectivity index (χ2n) is 4.08. The highest BCUT2D eigenvalue weighted by Gasteiger charge is 2.03. The number of amides is 2. The van der Waals surface area contributed by atoms with Gasteiger partial charge in [-0.3, -0.25) is 9.59 Å². The molecule has 6 heteroatoms. The average Bonchev–Trinajstić information content (AvgIpc) is 2.36. The molecule has 0 unspecified atom stereocenters. The quantitative estimate of drug-likeness (QED) is 0.681. The lowest BCUT2D eigenvalue weighted by molar-refractivity contribution is -0.131. The Morgan fingerprint density at radius 2 is 2.05 bits per heavy atom. The van der Waals surface area contributed by atoms with E-state index in [9.17, 15) is 14.4 Å². The van der Waals surface area contributed by atoms with Crippen molar-refractivity contribution in [3.8, 4) is 0 Å². The first kappa shape index (κ1) is 15.4. The van der Waals surface area contributed by atoms with Gasteiger partial charge < -0.3 is 15.7 Å². The van der Waals surface area contributed by atoms with Gasteiger partial charge in [0, 0.05) is 31.7 Å². The number of carboxylic acids is 1. The second kappa shape index (κ2) is 7.73. The number of hydrogen-bond acceptors (Lipinski definition) is 3. The summed E-state index contributed by atoms with van der Waals surface area (Å²) in [5.74, 6) is -1.44. The average molecular weight is 276 g/mol. The molecule has 0 aromatic heterocycles. The van der Waals surface area contributed by atoms with Gasteiger partial charge in [-0.25, -0.2) is 4.79 Å². The summed E-state index contributed by atoms with van der Waals surface area (Å²) in [6, 6.07) is 6.81. The lowest BCUT2D eigenvalue weighted by Gasteiger charge is -2.06. The summed E-state index contributed by atoms with van der Waals surface area (Å²) >= 11 is 0. The van der Waals surface area contributed by atoms with E-state index in [0.717, 1.165) is 6.08 Å². The highest BCUT2D eigenvalue weighted by molar-refractivity contribution is 5.91. The van der Waals surface area contributed by atoms with Gasteiger partial charge in [-0.15, -0.1) is 0 Å². The van der Waals surface area contributed by atoms with Crippen molar-refractivity contribution in [2.75, 3.05) is 11.9 Å². The van der Waals surface area contributed by atoms with Crippen molar-refractivity contribution in [2.24, 2.45) is 0 Å². The minimum atomic E-state index is -1.03. The normalized spacial score (nSPS) is 10.2. The van der Waals surface area contributed by atoms with E-state index >= 15 is 0 Å². The molecule has 3 N–H and O–H groups in total. The van der Waals surface area contributed by atoms with Gasteiger partial charge in [0.1, 0.15) is 0 Å². The molecule has 6 nitrogen and oxygen atoms in total. The lowest BCUT2D eigenvalue weighted by Crippen LogP contribution is -2.25. The molecular weight excluding hydrogens is 260 g/mol. The fourth-order valence-corrected chi connectivity index (χ4v) is 1.46. The minimum Gasteiger partial charge on any atom is -0.478 e. The standard InChI is InChI=1S/C14H16N2O4/c1-10(17)15-8-7-13(18)16-12-4-2-3-11(9-12)5-6-14(19)20/h2-6,9H,7-8H2,1H3,(H,15,17)(H,16,18)(H,19,20)/b6-5+.